The molecule has 0 aliphatic heterocycles. The van der Waals surface area contributed by atoms with Gasteiger partial charge in [0, 0.05) is 24.5 Å². The Balaban J connectivity index is 1.94. The number of hydrogen-bond acceptors (Lipinski definition) is 2. The summed E-state index contributed by atoms with van der Waals surface area (Å²) in [6.07, 6.45) is 1.50. The molecule has 0 radical (unpaired) electrons. The molecule has 0 unspecified atom stereocenters. The smallest absolute Gasteiger partial charge is 0.243 e. The van der Waals surface area contributed by atoms with Crippen molar-refractivity contribution < 1.29 is 9.59 Å². The van der Waals surface area contributed by atoms with Crippen LogP contribution in [0.5, 0.6) is 0 Å². The Hall–Kier alpha value is -3.11. The predicted octanol–water partition coefficient (Wildman–Crippen LogP) is 5.36. The molecule has 0 spiro atoms. The van der Waals surface area contributed by atoms with Crippen LogP contribution in [-0.4, -0.2) is 29.3 Å². The van der Waals surface area contributed by atoms with E-state index >= 15 is 0 Å². The molecule has 0 saturated heterocycles. The van der Waals surface area contributed by atoms with Gasteiger partial charge in [-0.25, -0.2) is 0 Å². The lowest BCUT2D eigenvalue weighted by molar-refractivity contribution is -0.140. The molecule has 2 amide bonds. The SMILES string of the molecule is CCCNC(=O)[C@@H](Cc1ccccc1)N(Cc1cccc(Cl)c1)C(=O)Cc1ccc(C)cc1. The molecule has 1 atom stereocenters. The standard InChI is InChI=1S/C28H31ClN2O2/c1-3-16-30-28(33)26(18-22-8-5-4-6-9-22)31(20-24-10-7-11-25(29)17-24)27(32)19-23-14-12-21(2)13-15-23/h4-15,17,26H,3,16,18-20H2,1-2H3,(H,30,33)/t26-/m1/s1. The molecule has 3 aromatic carbocycles. The summed E-state index contributed by atoms with van der Waals surface area (Å²) >= 11 is 6.21. The van der Waals surface area contributed by atoms with Crippen molar-refractivity contribution in [3.8, 4) is 0 Å². The summed E-state index contributed by atoms with van der Waals surface area (Å²) in [5.41, 5.74) is 3.96. The van der Waals surface area contributed by atoms with E-state index in [0.29, 0.717) is 24.5 Å². The summed E-state index contributed by atoms with van der Waals surface area (Å²) in [7, 11) is 0. The number of nitrogens with zero attached hydrogens (tertiary/aromatic N) is 1. The Labute approximate surface area is 201 Å². The third-order valence-corrected chi connectivity index (χ3v) is 5.77. The molecule has 0 heterocycles. The molecule has 3 rings (SSSR count). The molecular formula is C28H31ClN2O2. The number of aryl methyl sites for hydroxylation is 1. The van der Waals surface area contributed by atoms with Crippen LogP contribution >= 0.6 is 11.6 Å². The van der Waals surface area contributed by atoms with E-state index in [4.69, 9.17) is 11.6 Å². The second-order valence-electron chi connectivity index (χ2n) is 8.31. The largest absolute Gasteiger partial charge is 0.354 e. The second kappa shape index (κ2) is 12.2. The summed E-state index contributed by atoms with van der Waals surface area (Å²) in [6.45, 7) is 4.91. The predicted molar refractivity (Wildman–Crippen MR) is 134 cm³/mol. The van der Waals surface area contributed by atoms with Crippen molar-refractivity contribution in [1.82, 2.24) is 10.2 Å². The molecule has 5 heteroatoms. The maximum absolute atomic E-state index is 13.6. The minimum Gasteiger partial charge on any atom is -0.354 e. The van der Waals surface area contributed by atoms with Crippen LogP contribution in [0.2, 0.25) is 5.02 Å². The lowest BCUT2D eigenvalue weighted by Gasteiger charge is -2.31. The first kappa shape index (κ1) is 24.5. The van der Waals surface area contributed by atoms with Crippen molar-refractivity contribution in [2.45, 2.75) is 45.7 Å². The van der Waals surface area contributed by atoms with E-state index in [1.54, 1.807) is 11.0 Å². The van der Waals surface area contributed by atoms with Crippen LogP contribution in [0.1, 0.15) is 35.6 Å². The van der Waals surface area contributed by atoms with Gasteiger partial charge in [-0.1, -0.05) is 90.8 Å². The third kappa shape index (κ3) is 7.47. The molecule has 0 fully saturated rings. The van der Waals surface area contributed by atoms with Crippen molar-refractivity contribution in [3.05, 3.63) is 106 Å². The van der Waals surface area contributed by atoms with E-state index in [1.807, 2.05) is 86.6 Å². The van der Waals surface area contributed by atoms with Crippen molar-refractivity contribution in [1.29, 1.82) is 0 Å². The van der Waals surface area contributed by atoms with Gasteiger partial charge in [-0.3, -0.25) is 9.59 Å². The van der Waals surface area contributed by atoms with E-state index in [1.165, 1.54) is 0 Å². The van der Waals surface area contributed by atoms with Crippen LogP contribution in [0.25, 0.3) is 0 Å². The number of carbonyl (C=O) groups is 2. The number of carbonyl (C=O) groups excluding carboxylic acids is 2. The van der Waals surface area contributed by atoms with E-state index in [0.717, 1.165) is 28.7 Å². The number of hydrogen-bond donors (Lipinski definition) is 1. The molecule has 4 nitrogen and oxygen atoms in total. The van der Waals surface area contributed by atoms with E-state index in [2.05, 4.69) is 5.32 Å². The number of halogens is 1. The van der Waals surface area contributed by atoms with Crippen LogP contribution in [0.15, 0.2) is 78.9 Å². The molecule has 0 aromatic heterocycles. The second-order valence-corrected chi connectivity index (χ2v) is 8.75. The van der Waals surface area contributed by atoms with Crippen LogP contribution in [0, 0.1) is 6.92 Å². The fourth-order valence-corrected chi connectivity index (χ4v) is 3.95. The Morgan fingerprint density at radius 3 is 2.27 bits per heavy atom. The van der Waals surface area contributed by atoms with Crippen molar-refractivity contribution in [3.63, 3.8) is 0 Å². The first-order valence-electron chi connectivity index (χ1n) is 11.4. The van der Waals surface area contributed by atoms with Crippen LogP contribution in [0.4, 0.5) is 0 Å². The molecule has 3 aromatic rings. The minimum atomic E-state index is -0.629. The van der Waals surface area contributed by atoms with Crippen molar-refractivity contribution in [2.24, 2.45) is 0 Å². The normalized spacial score (nSPS) is 11.6. The number of amides is 2. The third-order valence-electron chi connectivity index (χ3n) is 5.54. The van der Waals surface area contributed by atoms with Gasteiger partial charge in [0.2, 0.25) is 11.8 Å². The maximum Gasteiger partial charge on any atom is 0.243 e. The summed E-state index contributed by atoms with van der Waals surface area (Å²) < 4.78 is 0. The van der Waals surface area contributed by atoms with Gasteiger partial charge in [0.05, 0.1) is 6.42 Å². The lowest BCUT2D eigenvalue weighted by Crippen LogP contribution is -2.51. The average Bonchev–Trinajstić information content (AvgIpc) is 2.82. The van der Waals surface area contributed by atoms with Crippen molar-refractivity contribution >= 4 is 23.4 Å². The fourth-order valence-electron chi connectivity index (χ4n) is 3.73. The Morgan fingerprint density at radius 1 is 0.909 bits per heavy atom. The quantitative estimate of drug-likeness (QED) is 0.441. The van der Waals surface area contributed by atoms with Crippen LogP contribution < -0.4 is 5.32 Å². The van der Waals surface area contributed by atoms with Gasteiger partial charge < -0.3 is 10.2 Å². The Bertz CT molecular complexity index is 1050. The van der Waals surface area contributed by atoms with Gasteiger partial charge in [-0.2, -0.15) is 0 Å². The van der Waals surface area contributed by atoms with Crippen molar-refractivity contribution in [2.75, 3.05) is 6.54 Å². The van der Waals surface area contributed by atoms with E-state index in [-0.39, 0.29) is 18.2 Å². The topological polar surface area (TPSA) is 49.4 Å². The highest BCUT2D eigenvalue weighted by atomic mass is 35.5. The highest BCUT2D eigenvalue weighted by Gasteiger charge is 2.30. The highest BCUT2D eigenvalue weighted by molar-refractivity contribution is 6.30. The molecule has 0 saturated carbocycles. The summed E-state index contributed by atoms with van der Waals surface area (Å²) in [5.74, 6) is -0.230. The van der Waals surface area contributed by atoms with Crippen LogP contribution in [0.3, 0.4) is 0 Å². The number of benzene rings is 3. The molecule has 172 valence electrons. The zero-order valence-electron chi connectivity index (χ0n) is 19.3. The lowest BCUT2D eigenvalue weighted by atomic mass is 10.0. The summed E-state index contributed by atoms with van der Waals surface area (Å²) in [6, 6.07) is 24.6. The molecular weight excluding hydrogens is 432 g/mol. The average molecular weight is 463 g/mol. The number of rotatable bonds is 10. The first-order valence-corrected chi connectivity index (χ1v) is 11.7. The minimum absolute atomic E-state index is 0.0913. The monoisotopic (exact) mass is 462 g/mol. The fraction of sp³-hybridized carbons (Fsp3) is 0.286. The van der Waals surface area contributed by atoms with Gasteiger partial charge in [0.1, 0.15) is 6.04 Å². The summed E-state index contributed by atoms with van der Waals surface area (Å²) in [4.78, 5) is 28.6. The molecule has 0 aliphatic rings. The van der Waals surface area contributed by atoms with E-state index in [9.17, 15) is 9.59 Å². The van der Waals surface area contributed by atoms with E-state index < -0.39 is 6.04 Å². The Kier molecular flexibility index (Phi) is 9.08. The van der Waals surface area contributed by atoms with Gasteiger partial charge in [0.15, 0.2) is 0 Å². The first-order chi connectivity index (χ1) is 16.0. The zero-order valence-corrected chi connectivity index (χ0v) is 20.0. The molecule has 0 aliphatic carbocycles. The molecule has 1 N–H and O–H groups in total. The molecule has 33 heavy (non-hydrogen) atoms. The van der Waals surface area contributed by atoms with Crippen LogP contribution in [-0.2, 0) is 29.0 Å². The highest BCUT2D eigenvalue weighted by Crippen LogP contribution is 2.19. The van der Waals surface area contributed by atoms with Gasteiger partial charge in [-0.05, 0) is 42.2 Å². The number of nitrogens with one attached hydrogen (secondary N) is 1. The summed E-state index contributed by atoms with van der Waals surface area (Å²) in [5, 5.41) is 3.60. The van der Waals surface area contributed by atoms with Gasteiger partial charge in [-0.15, -0.1) is 0 Å². The molecule has 0 bridgehead atoms. The zero-order chi connectivity index (χ0) is 23.6. The van der Waals surface area contributed by atoms with Gasteiger partial charge in [0.25, 0.3) is 0 Å². The van der Waals surface area contributed by atoms with Gasteiger partial charge >= 0.3 is 0 Å². The maximum atomic E-state index is 13.6. The Morgan fingerprint density at radius 2 is 1.61 bits per heavy atom.